The molecule has 2 heterocycles. The van der Waals surface area contributed by atoms with Crippen LogP contribution in [0.25, 0.3) is 16.6 Å². The number of anilines is 1. The van der Waals surface area contributed by atoms with Gasteiger partial charge in [0.25, 0.3) is 0 Å². The van der Waals surface area contributed by atoms with Crippen molar-refractivity contribution >= 4 is 28.3 Å². The van der Waals surface area contributed by atoms with Crippen molar-refractivity contribution in [3.8, 4) is 11.4 Å². The van der Waals surface area contributed by atoms with Gasteiger partial charge in [-0.3, -0.25) is 4.57 Å². The van der Waals surface area contributed by atoms with Crippen LogP contribution in [-0.4, -0.2) is 29.8 Å². The summed E-state index contributed by atoms with van der Waals surface area (Å²) in [6, 6.07) is 13.0. The monoisotopic (exact) mass is 355 g/mol. The molecule has 1 aliphatic rings. The molecule has 0 aliphatic carbocycles. The van der Waals surface area contributed by atoms with Gasteiger partial charge in [-0.15, -0.1) is 0 Å². The molecule has 1 saturated heterocycles. The summed E-state index contributed by atoms with van der Waals surface area (Å²) in [7, 11) is 1.59. The van der Waals surface area contributed by atoms with Gasteiger partial charge in [-0.2, -0.15) is 4.98 Å². The van der Waals surface area contributed by atoms with Crippen molar-refractivity contribution < 1.29 is 4.74 Å². The van der Waals surface area contributed by atoms with Gasteiger partial charge in [0.2, 0.25) is 0 Å². The minimum Gasteiger partial charge on any atom is -0.495 e. The summed E-state index contributed by atoms with van der Waals surface area (Å²) in [6.07, 6.45) is 2.23. The van der Waals surface area contributed by atoms with Crippen LogP contribution in [0, 0.1) is 0 Å². The highest BCUT2D eigenvalue weighted by molar-refractivity contribution is 6.31. The molecule has 0 N–H and O–H groups in total. The molecule has 0 saturated carbocycles. The summed E-state index contributed by atoms with van der Waals surface area (Å²) in [6.45, 7) is 1.84. The first kappa shape index (κ1) is 16.0. The van der Waals surface area contributed by atoms with Crippen molar-refractivity contribution in [1.29, 1.82) is 0 Å². The molecular formula is C19H18ClN3O2. The third kappa shape index (κ3) is 2.74. The number of hydrogen-bond acceptors (Lipinski definition) is 4. The number of hydrogen-bond donors (Lipinski definition) is 0. The van der Waals surface area contributed by atoms with E-state index in [2.05, 4.69) is 9.88 Å². The molecule has 0 radical (unpaired) electrons. The quantitative estimate of drug-likeness (QED) is 0.719. The lowest BCUT2D eigenvalue weighted by atomic mass is 10.2. The minimum absolute atomic E-state index is 0.332. The smallest absolute Gasteiger partial charge is 0.354 e. The van der Waals surface area contributed by atoms with E-state index >= 15 is 0 Å². The molecule has 6 heteroatoms. The molecule has 0 amide bonds. The normalized spacial score (nSPS) is 14.2. The van der Waals surface area contributed by atoms with Crippen LogP contribution >= 0.6 is 11.6 Å². The lowest BCUT2D eigenvalue weighted by Gasteiger charge is -2.21. The molecule has 0 bridgehead atoms. The molecule has 4 rings (SSSR count). The molecule has 3 aromatic rings. The van der Waals surface area contributed by atoms with E-state index in [1.54, 1.807) is 11.7 Å². The molecule has 1 fully saturated rings. The average Bonchev–Trinajstić information content (AvgIpc) is 3.15. The number of aromatic nitrogens is 2. The van der Waals surface area contributed by atoms with E-state index < -0.39 is 0 Å². The van der Waals surface area contributed by atoms with Crippen molar-refractivity contribution in [3.63, 3.8) is 0 Å². The summed E-state index contributed by atoms with van der Waals surface area (Å²) in [4.78, 5) is 19.5. The van der Waals surface area contributed by atoms with Gasteiger partial charge >= 0.3 is 5.69 Å². The van der Waals surface area contributed by atoms with Gasteiger partial charge < -0.3 is 9.64 Å². The second-order valence-electron chi connectivity index (χ2n) is 6.08. The zero-order valence-electron chi connectivity index (χ0n) is 13.9. The Bertz CT molecular complexity index is 994. The molecule has 128 valence electrons. The first-order chi connectivity index (χ1) is 12.2. The Morgan fingerprint density at radius 2 is 1.88 bits per heavy atom. The number of rotatable bonds is 3. The molecule has 1 aromatic heterocycles. The number of halogens is 1. The molecule has 25 heavy (non-hydrogen) atoms. The van der Waals surface area contributed by atoms with Crippen LogP contribution in [0.5, 0.6) is 5.75 Å². The maximum atomic E-state index is 12.9. The van der Waals surface area contributed by atoms with Crippen LogP contribution in [0.1, 0.15) is 12.8 Å². The predicted octanol–water partition coefficient (Wildman–Crippen LogP) is 3.65. The van der Waals surface area contributed by atoms with Crippen LogP contribution < -0.4 is 15.3 Å². The highest BCUT2D eigenvalue weighted by Gasteiger charge is 2.20. The second kappa shape index (κ2) is 6.41. The predicted molar refractivity (Wildman–Crippen MR) is 100 cm³/mol. The zero-order chi connectivity index (χ0) is 17.4. The van der Waals surface area contributed by atoms with Gasteiger partial charge in [-0.25, -0.2) is 4.79 Å². The maximum absolute atomic E-state index is 12.9. The average molecular weight is 356 g/mol. The fourth-order valence-electron chi connectivity index (χ4n) is 3.40. The SMILES string of the molecule is COc1ccccc1-n1c(=O)nc(N2CCCC2)c2ccc(Cl)cc21. The number of methoxy groups -OCH3 is 1. The van der Waals surface area contributed by atoms with E-state index in [1.807, 2.05) is 42.5 Å². The lowest BCUT2D eigenvalue weighted by Crippen LogP contribution is -2.28. The third-order valence-electron chi connectivity index (χ3n) is 4.57. The van der Waals surface area contributed by atoms with E-state index in [4.69, 9.17) is 16.3 Å². The summed E-state index contributed by atoms with van der Waals surface area (Å²) >= 11 is 6.24. The standard InChI is InChI=1S/C19H18ClN3O2/c1-25-17-7-3-2-6-15(17)23-16-12-13(20)8-9-14(16)18(21-19(23)24)22-10-4-5-11-22/h2-3,6-9,12H,4-5,10-11H2,1H3. The Labute approximate surface area is 150 Å². The van der Waals surface area contributed by atoms with Crippen LogP contribution in [0.3, 0.4) is 0 Å². The van der Waals surface area contributed by atoms with Crippen molar-refractivity contribution in [2.75, 3.05) is 25.1 Å². The Hall–Kier alpha value is -2.53. The highest BCUT2D eigenvalue weighted by atomic mass is 35.5. The largest absolute Gasteiger partial charge is 0.495 e. The number of ether oxygens (including phenoxy) is 1. The Morgan fingerprint density at radius 1 is 1.12 bits per heavy atom. The summed E-state index contributed by atoms with van der Waals surface area (Å²) in [5.74, 6) is 1.35. The topological polar surface area (TPSA) is 47.4 Å². The second-order valence-corrected chi connectivity index (χ2v) is 6.52. The van der Waals surface area contributed by atoms with Crippen molar-refractivity contribution in [2.45, 2.75) is 12.8 Å². The molecule has 0 atom stereocenters. The van der Waals surface area contributed by atoms with Crippen LogP contribution in [0.4, 0.5) is 5.82 Å². The summed E-state index contributed by atoms with van der Waals surface area (Å²) in [5, 5.41) is 1.49. The van der Waals surface area contributed by atoms with E-state index in [0.717, 1.165) is 42.7 Å². The highest BCUT2D eigenvalue weighted by Crippen LogP contribution is 2.31. The van der Waals surface area contributed by atoms with Gasteiger partial charge in [-0.1, -0.05) is 23.7 Å². The third-order valence-corrected chi connectivity index (χ3v) is 4.80. The van der Waals surface area contributed by atoms with Crippen molar-refractivity contribution in [2.24, 2.45) is 0 Å². The maximum Gasteiger partial charge on any atom is 0.354 e. The van der Waals surface area contributed by atoms with Crippen LogP contribution in [0.2, 0.25) is 5.02 Å². The van der Waals surface area contributed by atoms with Crippen molar-refractivity contribution in [3.05, 3.63) is 58.0 Å². The number of para-hydroxylation sites is 2. The first-order valence-electron chi connectivity index (χ1n) is 8.29. The van der Waals surface area contributed by atoms with Gasteiger partial charge in [0.15, 0.2) is 0 Å². The number of benzene rings is 2. The number of nitrogens with zero attached hydrogens (tertiary/aromatic N) is 3. The Kier molecular flexibility index (Phi) is 4.09. The van der Waals surface area contributed by atoms with Crippen LogP contribution in [0.15, 0.2) is 47.3 Å². The van der Waals surface area contributed by atoms with Gasteiger partial charge in [0.1, 0.15) is 11.6 Å². The van der Waals surface area contributed by atoms with Crippen LogP contribution in [-0.2, 0) is 0 Å². The molecular weight excluding hydrogens is 338 g/mol. The molecule has 2 aromatic carbocycles. The van der Waals surface area contributed by atoms with E-state index in [1.165, 1.54) is 0 Å². The minimum atomic E-state index is -0.332. The summed E-state index contributed by atoms with van der Waals surface area (Å²) < 4.78 is 7.00. The fraction of sp³-hybridized carbons (Fsp3) is 0.263. The van der Waals surface area contributed by atoms with Gasteiger partial charge in [0.05, 0.1) is 18.3 Å². The molecule has 0 spiro atoms. The first-order valence-corrected chi connectivity index (χ1v) is 8.67. The summed E-state index contributed by atoms with van der Waals surface area (Å²) in [5.41, 5.74) is 1.06. The van der Waals surface area contributed by atoms with E-state index in [-0.39, 0.29) is 5.69 Å². The van der Waals surface area contributed by atoms with E-state index in [9.17, 15) is 4.79 Å². The zero-order valence-corrected chi connectivity index (χ0v) is 14.7. The van der Waals surface area contributed by atoms with E-state index in [0.29, 0.717) is 16.5 Å². The Balaban J connectivity index is 2.05. The van der Waals surface area contributed by atoms with Gasteiger partial charge in [-0.05, 0) is 43.2 Å². The Morgan fingerprint density at radius 3 is 2.64 bits per heavy atom. The van der Waals surface area contributed by atoms with Crippen molar-refractivity contribution in [1.82, 2.24) is 9.55 Å². The molecule has 1 aliphatic heterocycles. The van der Waals surface area contributed by atoms with Gasteiger partial charge in [0, 0.05) is 23.5 Å². The fourth-order valence-corrected chi connectivity index (χ4v) is 3.57. The lowest BCUT2D eigenvalue weighted by molar-refractivity contribution is 0.412. The molecule has 0 unspecified atom stereocenters. The number of fused-ring (bicyclic) bond motifs is 1. The molecule has 5 nitrogen and oxygen atoms in total.